The Morgan fingerprint density at radius 2 is 1.78 bits per heavy atom. The van der Waals surface area contributed by atoms with Crippen molar-refractivity contribution in [1.82, 2.24) is 0 Å². The summed E-state index contributed by atoms with van der Waals surface area (Å²) in [6.07, 6.45) is -5.99. The Morgan fingerprint density at radius 3 is 2.22 bits per heavy atom. The van der Waals surface area contributed by atoms with E-state index in [1.807, 2.05) is 0 Å². The van der Waals surface area contributed by atoms with E-state index in [9.17, 15) is 19.5 Å². The van der Waals surface area contributed by atoms with Crippen LogP contribution < -0.4 is 5.73 Å². The van der Waals surface area contributed by atoms with Gasteiger partial charge < -0.3 is 28.8 Å². The molecule has 1 aliphatic rings. The van der Waals surface area contributed by atoms with Gasteiger partial charge in [-0.1, -0.05) is 34.8 Å². The summed E-state index contributed by atoms with van der Waals surface area (Å²) in [5.41, 5.74) is 5.60. The maximum Gasteiger partial charge on any atom is 0.326 e. The van der Waals surface area contributed by atoms with Crippen LogP contribution in [0.5, 0.6) is 0 Å². The minimum absolute atomic E-state index is 0.447. The summed E-state index contributed by atoms with van der Waals surface area (Å²) in [7, 11) is 0. The fourth-order valence-corrected chi connectivity index (χ4v) is 2.02. The highest BCUT2D eigenvalue weighted by molar-refractivity contribution is 6.68. The molecule has 1 rings (SSSR count). The number of nitrogens with two attached hydrogens (primary N) is 1. The zero-order valence-electron chi connectivity index (χ0n) is 14.4. The molecule has 4 atom stereocenters. The topological polar surface area (TPSA) is 144 Å². The van der Waals surface area contributed by atoms with Gasteiger partial charge in [0, 0.05) is 20.8 Å². The van der Waals surface area contributed by atoms with Gasteiger partial charge in [-0.05, 0) is 0 Å². The highest BCUT2D eigenvalue weighted by Crippen LogP contribution is 2.35. The van der Waals surface area contributed by atoms with Crippen LogP contribution in [0.2, 0.25) is 0 Å². The van der Waals surface area contributed by atoms with Crippen molar-refractivity contribution in [1.29, 1.82) is 0 Å². The maximum absolute atomic E-state index is 11.4. The van der Waals surface area contributed by atoms with E-state index < -0.39 is 64.6 Å². The predicted octanol–water partition coefficient (Wildman–Crippen LogP) is 0.645. The van der Waals surface area contributed by atoms with Crippen LogP contribution in [0.4, 0.5) is 0 Å². The van der Waals surface area contributed by atoms with Crippen LogP contribution in [-0.2, 0) is 38.1 Å². The van der Waals surface area contributed by atoms with Gasteiger partial charge in [0.05, 0.1) is 0 Å². The summed E-state index contributed by atoms with van der Waals surface area (Å²) in [6, 6.07) is 0. The van der Waals surface area contributed by atoms with Crippen molar-refractivity contribution in [2.75, 3.05) is 6.61 Å². The summed E-state index contributed by atoms with van der Waals surface area (Å²) < 4.78 is 23.1. The summed E-state index contributed by atoms with van der Waals surface area (Å²) >= 11 is 16.9. The van der Waals surface area contributed by atoms with E-state index in [-0.39, 0.29) is 0 Å². The maximum atomic E-state index is 11.4. The number of rotatable bonds is 6. The molecule has 0 saturated carbocycles. The third-order valence-electron chi connectivity index (χ3n) is 2.96. The van der Waals surface area contributed by atoms with Crippen LogP contribution in [0.25, 0.3) is 0 Å². The number of hydrogen-bond acceptors (Lipinski definition) is 10. The van der Waals surface area contributed by atoms with E-state index >= 15 is 0 Å². The second-order valence-corrected chi connectivity index (χ2v) is 7.67. The molecule has 10 nitrogen and oxygen atoms in total. The number of ether oxygens (including phenoxy) is 5. The summed E-state index contributed by atoms with van der Waals surface area (Å²) in [6.45, 7) is 2.79. The van der Waals surface area contributed by atoms with E-state index in [4.69, 9.17) is 64.2 Å². The monoisotopic (exact) mass is 449 g/mol. The predicted molar refractivity (Wildman–Crippen MR) is 91.2 cm³/mol. The zero-order valence-corrected chi connectivity index (χ0v) is 16.7. The first-order valence-corrected chi connectivity index (χ1v) is 8.53. The quantitative estimate of drug-likeness (QED) is 0.256. The van der Waals surface area contributed by atoms with E-state index in [1.54, 1.807) is 0 Å². The van der Waals surface area contributed by atoms with Gasteiger partial charge in [0.2, 0.25) is 9.55 Å². The van der Waals surface area contributed by atoms with Gasteiger partial charge in [-0.3, -0.25) is 20.1 Å². The summed E-state index contributed by atoms with van der Waals surface area (Å²) in [5, 5.41) is 10.4. The number of halogens is 3. The number of carbonyl (C=O) groups is 3. The van der Waals surface area contributed by atoms with Gasteiger partial charge in [0.15, 0.2) is 18.4 Å². The molecule has 154 valence electrons. The van der Waals surface area contributed by atoms with Gasteiger partial charge in [-0.2, -0.15) is 0 Å². The van der Waals surface area contributed by atoms with Crippen LogP contribution in [0.3, 0.4) is 0 Å². The van der Waals surface area contributed by atoms with Crippen LogP contribution in [0.1, 0.15) is 20.8 Å². The SMILES string of the molecule is CC(=O)OCC1OC(OC(N)C(Cl)(Cl)Cl)=C(OC(C)=O)C(OC(C)=O)[C@@H]1O. The molecule has 27 heavy (non-hydrogen) atoms. The Hall–Kier alpha value is -1.46. The molecule has 0 saturated heterocycles. The number of carbonyl (C=O) groups excluding carboxylic acids is 3. The third kappa shape index (κ3) is 7.23. The molecule has 0 aromatic heterocycles. The minimum atomic E-state index is -2.10. The fourth-order valence-electron chi connectivity index (χ4n) is 1.89. The summed E-state index contributed by atoms with van der Waals surface area (Å²) in [4.78, 5) is 33.8. The van der Waals surface area contributed by atoms with Gasteiger partial charge in [0.1, 0.15) is 12.7 Å². The molecule has 0 aromatic rings. The minimum Gasteiger partial charge on any atom is -0.462 e. The van der Waals surface area contributed by atoms with Gasteiger partial charge in [0.25, 0.3) is 0 Å². The molecule has 0 aliphatic carbocycles. The summed E-state index contributed by atoms with van der Waals surface area (Å²) in [5.74, 6) is -3.42. The van der Waals surface area contributed by atoms with E-state index in [0.29, 0.717) is 0 Å². The first kappa shape index (κ1) is 23.6. The molecule has 0 fully saturated rings. The molecular weight excluding hydrogens is 433 g/mol. The van der Waals surface area contributed by atoms with Crippen molar-refractivity contribution >= 4 is 52.7 Å². The first-order valence-electron chi connectivity index (χ1n) is 7.39. The number of alkyl halides is 3. The van der Waals surface area contributed by atoms with Gasteiger partial charge in [-0.25, -0.2) is 0 Å². The van der Waals surface area contributed by atoms with Crippen molar-refractivity contribution in [3.63, 3.8) is 0 Å². The molecule has 3 unspecified atom stereocenters. The normalized spacial score (nSPS) is 23.8. The lowest BCUT2D eigenvalue weighted by Crippen LogP contribution is -2.50. The highest BCUT2D eigenvalue weighted by atomic mass is 35.6. The highest BCUT2D eigenvalue weighted by Gasteiger charge is 2.46. The fraction of sp³-hybridized carbons (Fsp3) is 0.643. The Bertz CT molecular complexity index is 619. The average Bonchev–Trinajstić information content (AvgIpc) is 2.50. The Balaban J connectivity index is 3.30. The molecule has 0 bridgehead atoms. The Morgan fingerprint density at radius 1 is 1.19 bits per heavy atom. The van der Waals surface area contributed by atoms with Crippen molar-refractivity contribution in [2.24, 2.45) is 5.73 Å². The molecule has 1 heterocycles. The number of aliphatic hydroxyl groups excluding tert-OH is 1. The Kier molecular flexibility index (Phi) is 8.43. The lowest BCUT2D eigenvalue weighted by atomic mass is 10.0. The van der Waals surface area contributed by atoms with Crippen molar-refractivity contribution < 1.29 is 43.2 Å². The lowest BCUT2D eigenvalue weighted by Gasteiger charge is -2.36. The second-order valence-electron chi connectivity index (χ2n) is 5.30. The molecule has 0 aromatic carbocycles. The molecule has 0 amide bonds. The third-order valence-corrected chi connectivity index (χ3v) is 3.61. The molecule has 0 spiro atoms. The van der Waals surface area contributed by atoms with Gasteiger partial charge in [-0.15, -0.1) is 0 Å². The molecule has 1 aliphatic heterocycles. The molecule has 3 N–H and O–H groups in total. The van der Waals surface area contributed by atoms with E-state index in [1.165, 1.54) is 0 Å². The first-order chi connectivity index (χ1) is 12.3. The van der Waals surface area contributed by atoms with Crippen LogP contribution in [0.15, 0.2) is 11.7 Å². The van der Waals surface area contributed by atoms with Crippen molar-refractivity contribution in [2.45, 2.75) is 49.1 Å². The standard InChI is InChI=1S/C14H18Cl3NO9/c1-5(19)23-4-8-9(22)10(24-6(2)20)11(25-7(3)21)12(26-8)27-13(18)14(15,16)17/h8-10,13,22H,4,18H2,1-3H3/t8?,9-,10?,13?/m1/s1. The number of aliphatic hydroxyl groups is 1. The van der Waals surface area contributed by atoms with Crippen molar-refractivity contribution in [3.05, 3.63) is 11.7 Å². The van der Waals surface area contributed by atoms with Crippen molar-refractivity contribution in [3.8, 4) is 0 Å². The molecule has 0 radical (unpaired) electrons. The average molecular weight is 451 g/mol. The van der Waals surface area contributed by atoms with Gasteiger partial charge >= 0.3 is 23.9 Å². The van der Waals surface area contributed by atoms with E-state index in [0.717, 1.165) is 20.8 Å². The largest absolute Gasteiger partial charge is 0.462 e. The van der Waals surface area contributed by atoms with Crippen LogP contribution in [-0.4, -0.2) is 58.0 Å². The molecule has 13 heteroatoms. The lowest BCUT2D eigenvalue weighted by molar-refractivity contribution is -0.189. The smallest absolute Gasteiger partial charge is 0.326 e. The number of hydrogen-bond donors (Lipinski definition) is 2. The zero-order chi connectivity index (χ0) is 20.9. The Labute approximate surface area is 169 Å². The second kappa shape index (κ2) is 9.65. The number of esters is 3. The molecular formula is C14H18Cl3NO9. The van der Waals surface area contributed by atoms with Crippen LogP contribution >= 0.6 is 34.8 Å². The van der Waals surface area contributed by atoms with E-state index in [2.05, 4.69) is 0 Å². The van der Waals surface area contributed by atoms with Crippen LogP contribution in [0, 0.1) is 0 Å².